The van der Waals surface area contributed by atoms with E-state index in [4.69, 9.17) is 4.74 Å². The van der Waals surface area contributed by atoms with Crippen molar-refractivity contribution in [2.45, 2.75) is 19.3 Å². The molecule has 1 amide bonds. The summed E-state index contributed by atoms with van der Waals surface area (Å²) in [5.41, 5.74) is 0. The number of likely N-dealkylation sites (tertiary alicyclic amines) is 1. The van der Waals surface area contributed by atoms with Gasteiger partial charge in [-0.2, -0.15) is 0 Å². The summed E-state index contributed by atoms with van der Waals surface area (Å²) in [6.07, 6.45) is 3.38. The van der Waals surface area contributed by atoms with Gasteiger partial charge in [0.2, 0.25) is 5.91 Å². The van der Waals surface area contributed by atoms with Crippen LogP contribution in [-0.4, -0.2) is 74.7 Å². The normalized spacial score (nSPS) is 32.5. The maximum Gasteiger partial charge on any atom is 0.226 e. The maximum absolute atomic E-state index is 12.5. The highest BCUT2D eigenvalue weighted by atomic mass is 16.5. The number of hydrogen-bond donors (Lipinski definition) is 1. The third-order valence-corrected chi connectivity index (χ3v) is 4.86. The van der Waals surface area contributed by atoms with Gasteiger partial charge in [-0.15, -0.1) is 0 Å². The molecule has 1 N–H and O–H groups in total. The van der Waals surface area contributed by atoms with Crippen molar-refractivity contribution in [2.75, 3.05) is 59.0 Å². The molecule has 0 radical (unpaired) electrons. The number of carbonyl (C=O) groups is 1. The Kier molecular flexibility index (Phi) is 4.91. The summed E-state index contributed by atoms with van der Waals surface area (Å²) < 4.78 is 5.39. The molecule has 3 aliphatic heterocycles. The van der Waals surface area contributed by atoms with E-state index in [0.29, 0.717) is 11.8 Å². The number of rotatable bonds is 3. The number of hydrogen-bond acceptors (Lipinski definition) is 4. The topological polar surface area (TPSA) is 44.8 Å². The minimum absolute atomic E-state index is 0.228. The molecule has 0 bridgehead atoms. The zero-order chi connectivity index (χ0) is 13.8. The van der Waals surface area contributed by atoms with Crippen molar-refractivity contribution < 1.29 is 9.53 Å². The average molecular weight is 281 g/mol. The van der Waals surface area contributed by atoms with Crippen LogP contribution in [0.4, 0.5) is 0 Å². The quantitative estimate of drug-likeness (QED) is 0.801. The summed E-state index contributed by atoms with van der Waals surface area (Å²) in [6.45, 7) is 8.85. The molecule has 0 aromatic rings. The summed E-state index contributed by atoms with van der Waals surface area (Å²) in [6, 6.07) is 0. The summed E-state index contributed by atoms with van der Waals surface area (Å²) in [5, 5.41) is 3.35. The van der Waals surface area contributed by atoms with Gasteiger partial charge in [0, 0.05) is 39.3 Å². The highest BCUT2D eigenvalue weighted by molar-refractivity contribution is 5.79. The Balaban J connectivity index is 1.44. The molecular formula is C15H27N3O2. The van der Waals surface area contributed by atoms with Gasteiger partial charge >= 0.3 is 0 Å². The molecule has 3 aliphatic rings. The van der Waals surface area contributed by atoms with Gasteiger partial charge in [0.25, 0.3) is 0 Å². The second kappa shape index (κ2) is 6.87. The van der Waals surface area contributed by atoms with Crippen LogP contribution in [-0.2, 0) is 9.53 Å². The molecule has 2 unspecified atom stereocenters. The van der Waals surface area contributed by atoms with E-state index in [0.717, 1.165) is 71.9 Å². The van der Waals surface area contributed by atoms with Gasteiger partial charge in [0.05, 0.1) is 19.1 Å². The number of nitrogens with zero attached hydrogens (tertiary/aromatic N) is 2. The second-order valence-electron chi connectivity index (χ2n) is 6.40. The van der Waals surface area contributed by atoms with Crippen LogP contribution in [0.2, 0.25) is 0 Å². The standard InChI is InChI=1S/C15H27N3O2/c19-15(14-2-1-4-16-10-14)18-5-3-13(12-18)11-17-6-8-20-9-7-17/h13-14,16H,1-12H2. The minimum atomic E-state index is 0.228. The lowest BCUT2D eigenvalue weighted by Crippen LogP contribution is -2.43. The number of ether oxygens (including phenoxy) is 1. The zero-order valence-corrected chi connectivity index (χ0v) is 12.4. The monoisotopic (exact) mass is 281 g/mol. The molecule has 0 aliphatic carbocycles. The fourth-order valence-corrected chi connectivity index (χ4v) is 3.65. The average Bonchev–Trinajstić information content (AvgIpc) is 2.97. The third-order valence-electron chi connectivity index (χ3n) is 4.86. The van der Waals surface area contributed by atoms with Crippen LogP contribution in [0.1, 0.15) is 19.3 Å². The molecule has 0 aromatic carbocycles. The molecule has 5 nitrogen and oxygen atoms in total. The smallest absolute Gasteiger partial charge is 0.226 e. The Morgan fingerprint density at radius 3 is 2.80 bits per heavy atom. The largest absolute Gasteiger partial charge is 0.379 e. The summed E-state index contributed by atoms with van der Waals surface area (Å²) in [4.78, 5) is 17.1. The van der Waals surface area contributed by atoms with Crippen LogP contribution in [0.3, 0.4) is 0 Å². The van der Waals surface area contributed by atoms with Crippen molar-refractivity contribution >= 4 is 5.91 Å². The number of nitrogens with one attached hydrogen (secondary N) is 1. The first-order valence-corrected chi connectivity index (χ1v) is 8.12. The number of morpholine rings is 1. The molecule has 0 aromatic heterocycles. The first-order chi connectivity index (χ1) is 9.83. The Labute approximate surface area is 121 Å². The molecule has 0 spiro atoms. The molecule has 5 heteroatoms. The molecule has 3 saturated heterocycles. The van der Waals surface area contributed by atoms with Crippen molar-refractivity contribution in [3.05, 3.63) is 0 Å². The van der Waals surface area contributed by atoms with Gasteiger partial charge in [-0.3, -0.25) is 9.69 Å². The maximum atomic E-state index is 12.5. The molecular weight excluding hydrogens is 254 g/mol. The molecule has 3 rings (SSSR count). The Morgan fingerprint density at radius 1 is 1.20 bits per heavy atom. The van der Waals surface area contributed by atoms with E-state index < -0.39 is 0 Å². The van der Waals surface area contributed by atoms with Gasteiger partial charge < -0.3 is 15.0 Å². The van der Waals surface area contributed by atoms with E-state index in [9.17, 15) is 4.79 Å². The lowest BCUT2D eigenvalue weighted by Gasteiger charge is -2.29. The van der Waals surface area contributed by atoms with Gasteiger partial charge in [0.1, 0.15) is 0 Å². The van der Waals surface area contributed by atoms with Crippen LogP contribution in [0.15, 0.2) is 0 Å². The van der Waals surface area contributed by atoms with Gasteiger partial charge in [-0.25, -0.2) is 0 Å². The minimum Gasteiger partial charge on any atom is -0.379 e. The van der Waals surface area contributed by atoms with E-state index in [1.807, 2.05) is 0 Å². The molecule has 114 valence electrons. The van der Waals surface area contributed by atoms with Crippen LogP contribution in [0.5, 0.6) is 0 Å². The number of piperidine rings is 1. The van der Waals surface area contributed by atoms with Crippen molar-refractivity contribution in [3.8, 4) is 0 Å². The predicted octanol–water partition coefficient (Wildman–Crippen LogP) is 0.167. The van der Waals surface area contributed by atoms with E-state index in [1.165, 1.54) is 6.42 Å². The summed E-state index contributed by atoms with van der Waals surface area (Å²) >= 11 is 0. The molecule has 2 atom stereocenters. The predicted molar refractivity (Wildman–Crippen MR) is 77.5 cm³/mol. The lowest BCUT2D eigenvalue weighted by atomic mass is 9.98. The first kappa shape index (κ1) is 14.3. The van der Waals surface area contributed by atoms with Crippen molar-refractivity contribution in [3.63, 3.8) is 0 Å². The van der Waals surface area contributed by atoms with Gasteiger partial charge in [0.15, 0.2) is 0 Å². The molecule has 20 heavy (non-hydrogen) atoms. The van der Waals surface area contributed by atoms with Crippen molar-refractivity contribution in [1.82, 2.24) is 15.1 Å². The van der Waals surface area contributed by atoms with Crippen molar-refractivity contribution in [2.24, 2.45) is 11.8 Å². The van der Waals surface area contributed by atoms with E-state index in [2.05, 4.69) is 15.1 Å². The highest BCUT2D eigenvalue weighted by Gasteiger charge is 2.32. The van der Waals surface area contributed by atoms with Crippen LogP contribution >= 0.6 is 0 Å². The Bertz CT molecular complexity index is 325. The molecule has 3 fully saturated rings. The zero-order valence-electron chi connectivity index (χ0n) is 12.4. The van der Waals surface area contributed by atoms with Crippen molar-refractivity contribution in [1.29, 1.82) is 0 Å². The van der Waals surface area contributed by atoms with E-state index in [-0.39, 0.29) is 5.92 Å². The number of carbonyl (C=O) groups excluding carboxylic acids is 1. The Hall–Kier alpha value is -0.650. The fourth-order valence-electron chi connectivity index (χ4n) is 3.65. The SMILES string of the molecule is O=C(C1CCCNC1)N1CCC(CN2CCOCC2)C1. The fraction of sp³-hybridized carbons (Fsp3) is 0.933. The van der Waals surface area contributed by atoms with Crippen LogP contribution < -0.4 is 5.32 Å². The third kappa shape index (κ3) is 3.51. The van der Waals surface area contributed by atoms with Gasteiger partial charge in [-0.05, 0) is 31.7 Å². The van der Waals surface area contributed by atoms with Crippen LogP contribution in [0, 0.1) is 11.8 Å². The second-order valence-corrected chi connectivity index (χ2v) is 6.40. The van der Waals surface area contributed by atoms with Crippen LogP contribution in [0.25, 0.3) is 0 Å². The summed E-state index contributed by atoms with van der Waals surface area (Å²) in [5.74, 6) is 1.28. The lowest BCUT2D eigenvalue weighted by molar-refractivity contribution is -0.135. The Morgan fingerprint density at radius 2 is 2.05 bits per heavy atom. The molecule has 0 saturated carbocycles. The molecule has 3 heterocycles. The highest BCUT2D eigenvalue weighted by Crippen LogP contribution is 2.22. The van der Waals surface area contributed by atoms with Gasteiger partial charge in [-0.1, -0.05) is 0 Å². The summed E-state index contributed by atoms with van der Waals surface area (Å²) in [7, 11) is 0. The number of amides is 1. The van der Waals surface area contributed by atoms with E-state index in [1.54, 1.807) is 0 Å². The van der Waals surface area contributed by atoms with E-state index >= 15 is 0 Å². The first-order valence-electron chi connectivity index (χ1n) is 8.12.